The van der Waals surface area contributed by atoms with Crippen LogP contribution in [-0.2, 0) is 22.3 Å². The molecule has 2 amide bonds. The van der Waals surface area contributed by atoms with Gasteiger partial charge in [0, 0.05) is 26.1 Å². The van der Waals surface area contributed by atoms with Gasteiger partial charge in [0.2, 0.25) is 17.6 Å². The van der Waals surface area contributed by atoms with Crippen molar-refractivity contribution in [2.24, 2.45) is 0 Å². The van der Waals surface area contributed by atoms with Gasteiger partial charge in [-0.3, -0.25) is 9.59 Å². The molecule has 1 fully saturated rings. The van der Waals surface area contributed by atoms with E-state index in [4.69, 9.17) is 0 Å². The van der Waals surface area contributed by atoms with Gasteiger partial charge in [-0.25, -0.2) is 4.98 Å². The lowest BCUT2D eigenvalue weighted by Gasteiger charge is -2.15. The lowest BCUT2D eigenvalue weighted by Crippen LogP contribution is -2.33. The molecule has 2 aromatic rings. The number of hydrogen-bond donors (Lipinski definition) is 1. The zero-order valence-corrected chi connectivity index (χ0v) is 14.1. The third-order valence-electron chi connectivity index (χ3n) is 4.31. The van der Waals surface area contributed by atoms with Gasteiger partial charge in [-0.05, 0) is 25.0 Å². The molecule has 1 aliphatic rings. The molecule has 1 aromatic carbocycles. The summed E-state index contributed by atoms with van der Waals surface area (Å²) in [5.41, 5.74) is 0.456. The Bertz CT molecular complexity index is 816. The summed E-state index contributed by atoms with van der Waals surface area (Å²) in [6.07, 6.45) is -2.68. The number of amides is 2. The van der Waals surface area contributed by atoms with E-state index in [9.17, 15) is 22.8 Å². The Morgan fingerprint density at radius 2 is 2.04 bits per heavy atom. The lowest BCUT2D eigenvalue weighted by atomic mass is 10.3. The molecule has 0 aliphatic carbocycles. The number of para-hydroxylation sites is 2. The van der Waals surface area contributed by atoms with Gasteiger partial charge in [-0.2, -0.15) is 13.2 Å². The number of carbonyl (C=O) groups excluding carboxylic acids is 2. The highest BCUT2D eigenvalue weighted by Gasteiger charge is 2.37. The smallest absolute Gasteiger partial charge is 0.354 e. The second-order valence-corrected chi connectivity index (χ2v) is 6.20. The Morgan fingerprint density at radius 3 is 2.73 bits per heavy atom. The Hall–Kier alpha value is -2.58. The lowest BCUT2D eigenvalue weighted by molar-refractivity contribution is -0.147. The van der Waals surface area contributed by atoms with Gasteiger partial charge in [0.05, 0.1) is 11.0 Å². The first-order chi connectivity index (χ1) is 12.4. The van der Waals surface area contributed by atoms with Crippen molar-refractivity contribution in [1.82, 2.24) is 19.8 Å². The van der Waals surface area contributed by atoms with Crippen LogP contribution < -0.4 is 5.32 Å². The minimum Gasteiger partial charge on any atom is -0.354 e. The fourth-order valence-corrected chi connectivity index (χ4v) is 3.09. The Kier molecular flexibility index (Phi) is 5.15. The van der Waals surface area contributed by atoms with Crippen LogP contribution in [0.5, 0.6) is 0 Å². The molecule has 0 spiro atoms. The summed E-state index contributed by atoms with van der Waals surface area (Å²) in [6.45, 7) is 1.11. The van der Waals surface area contributed by atoms with Crippen molar-refractivity contribution in [3.8, 4) is 0 Å². The number of rotatable bonds is 6. The topological polar surface area (TPSA) is 67.2 Å². The molecule has 0 unspecified atom stereocenters. The van der Waals surface area contributed by atoms with Crippen molar-refractivity contribution < 1.29 is 22.8 Å². The average Bonchev–Trinajstić information content (AvgIpc) is 3.15. The number of benzene rings is 1. The van der Waals surface area contributed by atoms with Crippen LogP contribution in [0.4, 0.5) is 13.2 Å². The molecule has 1 aliphatic heterocycles. The molecule has 1 saturated heterocycles. The number of nitrogens with zero attached hydrogens (tertiary/aromatic N) is 3. The molecule has 1 aromatic heterocycles. The highest BCUT2D eigenvalue weighted by molar-refractivity contribution is 5.81. The molecule has 0 saturated carbocycles. The molecule has 26 heavy (non-hydrogen) atoms. The summed E-state index contributed by atoms with van der Waals surface area (Å²) in [6, 6.07) is 6.18. The van der Waals surface area contributed by atoms with E-state index in [1.165, 1.54) is 12.1 Å². The molecule has 6 nitrogen and oxygen atoms in total. The Balaban J connectivity index is 1.61. The van der Waals surface area contributed by atoms with Crippen molar-refractivity contribution in [3.05, 3.63) is 30.1 Å². The van der Waals surface area contributed by atoms with Crippen LogP contribution in [-0.4, -0.2) is 45.9 Å². The maximum absolute atomic E-state index is 13.2. The van der Waals surface area contributed by atoms with E-state index < -0.39 is 24.5 Å². The summed E-state index contributed by atoms with van der Waals surface area (Å²) in [5, 5.41) is 2.61. The summed E-state index contributed by atoms with van der Waals surface area (Å²) in [5.74, 6) is -1.50. The van der Waals surface area contributed by atoms with E-state index in [0.717, 1.165) is 17.5 Å². The number of likely N-dealkylation sites (tertiary alicyclic amines) is 1. The zero-order chi connectivity index (χ0) is 18.7. The number of fused-ring (bicyclic) bond motifs is 1. The standard InChI is InChI=1S/C17H19F3N4O2/c18-17(19,20)16-22-12-5-1-2-6-13(12)24(16)11-14(25)21-8-4-10-23-9-3-7-15(23)26/h1-2,5-6H,3-4,7-11H2,(H,21,25). The molecule has 3 rings (SSSR count). The first-order valence-electron chi connectivity index (χ1n) is 8.43. The van der Waals surface area contributed by atoms with Gasteiger partial charge in [0.25, 0.3) is 0 Å². The van der Waals surface area contributed by atoms with Crippen LogP contribution in [0, 0.1) is 0 Å². The first-order valence-corrected chi connectivity index (χ1v) is 8.43. The number of nitrogens with one attached hydrogen (secondary N) is 1. The van der Waals surface area contributed by atoms with Gasteiger partial charge in [0.1, 0.15) is 6.54 Å². The second kappa shape index (κ2) is 7.35. The van der Waals surface area contributed by atoms with Crippen molar-refractivity contribution in [1.29, 1.82) is 0 Å². The van der Waals surface area contributed by atoms with Crippen LogP contribution in [0.3, 0.4) is 0 Å². The largest absolute Gasteiger partial charge is 0.449 e. The number of halogens is 3. The van der Waals surface area contributed by atoms with E-state index in [1.807, 2.05) is 0 Å². The van der Waals surface area contributed by atoms with E-state index in [1.54, 1.807) is 17.0 Å². The van der Waals surface area contributed by atoms with Gasteiger partial charge < -0.3 is 14.8 Å². The van der Waals surface area contributed by atoms with Crippen molar-refractivity contribution in [3.63, 3.8) is 0 Å². The van der Waals surface area contributed by atoms with E-state index in [-0.39, 0.29) is 16.9 Å². The Labute approximate surface area is 148 Å². The van der Waals surface area contributed by atoms with Crippen LogP contribution in [0.1, 0.15) is 25.1 Å². The summed E-state index contributed by atoms with van der Waals surface area (Å²) >= 11 is 0. The quantitative estimate of drug-likeness (QED) is 0.795. The molecule has 0 bridgehead atoms. The SMILES string of the molecule is O=C(Cn1c(C(F)(F)F)nc2ccccc21)NCCCN1CCCC1=O. The van der Waals surface area contributed by atoms with Crippen LogP contribution in [0.25, 0.3) is 11.0 Å². The monoisotopic (exact) mass is 368 g/mol. The van der Waals surface area contributed by atoms with Gasteiger partial charge in [-0.15, -0.1) is 0 Å². The summed E-state index contributed by atoms with van der Waals surface area (Å²) in [4.78, 5) is 28.9. The minimum absolute atomic E-state index is 0.107. The van der Waals surface area contributed by atoms with Gasteiger partial charge in [-0.1, -0.05) is 12.1 Å². The molecular weight excluding hydrogens is 349 g/mol. The molecule has 1 N–H and O–H groups in total. The zero-order valence-electron chi connectivity index (χ0n) is 14.1. The van der Waals surface area contributed by atoms with Crippen molar-refractivity contribution >= 4 is 22.8 Å². The normalized spacial score (nSPS) is 15.0. The van der Waals surface area contributed by atoms with Crippen molar-refractivity contribution in [2.45, 2.75) is 32.0 Å². The highest BCUT2D eigenvalue weighted by atomic mass is 19.4. The van der Waals surface area contributed by atoms with E-state index >= 15 is 0 Å². The molecule has 140 valence electrons. The predicted molar refractivity (Wildman–Crippen MR) is 88.2 cm³/mol. The fourth-order valence-electron chi connectivity index (χ4n) is 3.09. The number of alkyl halides is 3. The third-order valence-corrected chi connectivity index (χ3v) is 4.31. The maximum atomic E-state index is 13.2. The third kappa shape index (κ3) is 3.97. The minimum atomic E-state index is -4.64. The molecular formula is C17H19F3N4O2. The maximum Gasteiger partial charge on any atom is 0.449 e. The number of imidazole rings is 1. The number of hydrogen-bond acceptors (Lipinski definition) is 3. The van der Waals surface area contributed by atoms with E-state index in [0.29, 0.717) is 25.9 Å². The molecule has 0 radical (unpaired) electrons. The average molecular weight is 368 g/mol. The molecule has 2 heterocycles. The van der Waals surface area contributed by atoms with Gasteiger partial charge in [0.15, 0.2) is 0 Å². The summed E-state index contributed by atoms with van der Waals surface area (Å²) in [7, 11) is 0. The van der Waals surface area contributed by atoms with E-state index in [2.05, 4.69) is 10.3 Å². The Morgan fingerprint density at radius 1 is 1.27 bits per heavy atom. The molecule has 9 heteroatoms. The number of aromatic nitrogens is 2. The first kappa shape index (κ1) is 18.2. The number of carbonyl (C=O) groups is 2. The predicted octanol–water partition coefficient (Wildman–Crippen LogP) is 2.18. The summed E-state index contributed by atoms with van der Waals surface area (Å²) < 4.78 is 40.5. The van der Waals surface area contributed by atoms with Gasteiger partial charge >= 0.3 is 6.18 Å². The molecule has 0 atom stereocenters. The van der Waals surface area contributed by atoms with Crippen LogP contribution >= 0.6 is 0 Å². The highest BCUT2D eigenvalue weighted by Crippen LogP contribution is 2.31. The fraction of sp³-hybridized carbons (Fsp3) is 0.471. The van der Waals surface area contributed by atoms with Crippen LogP contribution in [0.2, 0.25) is 0 Å². The van der Waals surface area contributed by atoms with Crippen molar-refractivity contribution in [2.75, 3.05) is 19.6 Å². The second-order valence-electron chi connectivity index (χ2n) is 6.20. The van der Waals surface area contributed by atoms with Crippen LogP contribution in [0.15, 0.2) is 24.3 Å².